The first-order valence-corrected chi connectivity index (χ1v) is 11.7. The highest BCUT2D eigenvalue weighted by Gasteiger charge is 2.28. The molecule has 0 unspecified atom stereocenters. The van der Waals surface area contributed by atoms with Crippen LogP contribution >= 0.6 is 24.8 Å². The molecule has 2 aliphatic rings. The van der Waals surface area contributed by atoms with Crippen molar-refractivity contribution >= 4 is 42.3 Å². The average molecular weight is 540 g/mol. The molecule has 2 heterocycles. The van der Waals surface area contributed by atoms with E-state index >= 15 is 0 Å². The molecule has 2 aliphatic heterocycles. The molecule has 0 atom stereocenters. The second-order valence-electron chi connectivity index (χ2n) is 8.56. The summed E-state index contributed by atoms with van der Waals surface area (Å²) in [5, 5.41) is 9.80. The number of nitrogens with zero attached hydrogens (tertiary/aromatic N) is 3. The molecule has 0 saturated heterocycles. The van der Waals surface area contributed by atoms with E-state index in [1.54, 1.807) is 12.1 Å². The third-order valence-electron chi connectivity index (χ3n) is 6.18. The van der Waals surface area contributed by atoms with Crippen molar-refractivity contribution < 1.29 is 19.1 Å². The molecule has 0 aromatic heterocycles. The number of rotatable bonds is 10. The number of ether oxygens (including phenoxy) is 2. The zero-order valence-corrected chi connectivity index (χ0v) is 22.5. The number of carbonyl (C=O) groups excluding carboxylic acids is 2. The number of benzene rings is 2. The Bertz CT molecular complexity index is 1030. The van der Waals surface area contributed by atoms with Crippen molar-refractivity contribution in [2.24, 2.45) is 0 Å². The normalized spacial score (nSPS) is 13.3. The van der Waals surface area contributed by atoms with Gasteiger partial charge in [-0.2, -0.15) is 0 Å². The van der Waals surface area contributed by atoms with Gasteiger partial charge >= 0.3 is 0 Å². The van der Waals surface area contributed by atoms with Gasteiger partial charge in [0.05, 0.1) is 13.1 Å². The van der Waals surface area contributed by atoms with Crippen LogP contribution in [0.25, 0.3) is 0 Å². The van der Waals surface area contributed by atoms with Crippen molar-refractivity contribution in [2.45, 2.75) is 26.9 Å². The zero-order chi connectivity index (χ0) is 24.1. The van der Waals surface area contributed by atoms with Gasteiger partial charge in [-0.25, -0.2) is 5.01 Å². The summed E-state index contributed by atoms with van der Waals surface area (Å²) < 4.78 is 11.0. The summed E-state index contributed by atoms with van der Waals surface area (Å²) in [4.78, 5) is 27.9. The minimum Gasteiger partial charge on any atom is -0.454 e. The lowest BCUT2D eigenvalue weighted by Crippen LogP contribution is -2.48. The van der Waals surface area contributed by atoms with E-state index in [0.717, 1.165) is 17.8 Å². The molecule has 2 N–H and O–H groups in total. The summed E-state index contributed by atoms with van der Waals surface area (Å²) >= 11 is 0. The van der Waals surface area contributed by atoms with Crippen LogP contribution < -0.4 is 25.0 Å². The molecule has 0 saturated carbocycles. The van der Waals surface area contributed by atoms with E-state index in [2.05, 4.69) is 22.8 Å². The predicted molar refractivity (Wildman–Crippen MR) is 144 cm³/mol. The van der Waals surface area contributed by atoms with E-state index in [4.69, 9.17) is 9.47 Å². The molecule has 4 rings (SSSR count). The highest BCUT2D eigenvalue weighted by molar-refractivity contribution is 5.87. The van der Waals surface area contributed by atoms with Crippen LogP contribution in [0.3, 0.4) is 0 Å². The summed E-state index contributed by atoms with van der Waals surface area (Å²) in [6, 6.07) is 12.0. The van der Waals surface area contributed by atoms with Gasteiger partial charge in [-0.05, 0) is 36.2 Å². The van der Waals surface area contributed by atoms with Crippen molar-refractivity contribution in [1.29, 1.82) is 0 Å². The van der Waals surface area contributed by atoms with Crippen LogP contribution in [-0.4, -0.2) is 68.4 Å². The van der Waals surface area contributed by atoms with Gasteiger partial charge < -0.3 is 25.0 Å². The van der Waals surface area contributed by atoms with Gasteiger partial charge in [0.2, 0.25) is 12.7 Å². The minimum atomic E-state index is -0.140. The van der Waals surface area contributed by atoms with E-state index in [1.807, 2.05) is 48.0 Å². The number of hydrazine groups is 1. The average Bonchev–Trinajstić information content (AvgIpc) is 3.46. The Morgan fingerprint density at radius 2 is 1.64 bits per heavy atom. The molecule has 0 fully saturated rings. The lowest BCUT2D eigenvalue weighted by molar-refractivity contribution is -0.145. The maximum atomic E-state index is 13.3. The van der Waals surface area contributed by atoms with Crippen LogP contribution in [-0.2, 0) is 22.7 Å². The van der Waals surface area contributed by atoms with Gasteiger partial charge in [-0.1, -0.05) is 31.2 Å². The molecule has 2 aromatic rings. The lowest BCUT2D eigenvalue weighted by atomic mass is 10.1. The number of aryl methyl sites for hydroxylation is 1. The van der Waals surface area contributed by atoms with Crippen LogP contribution in [0, 0.1) is 6.92 Å². The number of amides is 2. The van der Waals surface area contributed by atoms with E-state index < -0.39 is 0 Å². The van der Waals surface area contributed by atoms with Gasteiger partial charge in [0.25, 0.3) is 5.91 Å². The fourth-order valence-corrected chi connectivity index (χ4v) is 4.25. The van der Waals surface area contributed by atoms with Crippen LogP contribution in [0.5, 0.6) is 11.5 Å². The molecular formula is C25H35Cl2N5O4. The number of nitrogens with one attached hydrogen (secondary N) is 2. The van der Waals surface area contributed by atoms with Crippen LogP contribution in [0.15, 0.2) is 36.4 Å². The van der Waals surface area contributed by atoms with Crippen LogP contribution in [0.4, 0.5) is 5.69 Å². The summed E-state index contributed by atoms with van der Waals surface area (Å²) in [6.45, 7) is 7.70. The van der Waals surface area contributed by atoms with Crippen LogP contribution in [0.1, 0.15) is 23.6 Å². The molecule has 36 heavy (non-hydrogen) atoms. The van der Waals surface area contributed by atoms with E-state index in [1.165, 1.54) is 11.1 Å². The zero-order valence-electron chi connectivity index (χ0n) is 20.9. The molecule has 0 spiro atoms. The van der Waals surface area contributed by atoms with Gasteiger partial charge in [0.1, 0.15) is 0 Å². The molecule has 0 aliphatic carbocycles. The molecule has 9 nitrogen and oxygen atoms in total. The first-order chi connectivity index (χ1) is 16.5. The molecule has 0 radical (unpaired) electrons. The Morgan fingerprint density at radius 1 is 1.00 bits per heavy atom. The van der Waals surface area contributed by atoms with Gasteiger partial charge in [0.15, 0.2) is 11.5 Å². The summed E-state index contributed by atoms with van der Waals surface area (Å²) in [6.07, 6.45) is 0. The fourth-order valence-electron chi connectivity index (χ4n) is 4.25. The number of halogens is 2. The molecule has 0 bridgehead atoms. The first-order valence-electron chi connectivity index (χ1n) is 11.7. The summed E-state index contributed by atoms with van der Waals surface area (Å²) in [5.41, 5.74) is 4.14. The Hall–Kier alpha value is -2.72. The number of fused-ring (bicyclic) bond motifs is 2. The van der Waals surface area contributed by atoms with Gasteiger partial charge in [-0.15, -0.1) is 24.8 Å². The molecule has 2 aromatic carbocycles. The number of anilines is 1. The van der Waals surface area contributed by atoms with Gasteiger partial charge in [-0.3, -0.25) is 14.6 Å². The topological polar surface area (TPSA) is 86.4 Å². The number of likely N-dealkylation sites (N-methyl/N-ethyl adjacent to an activating group) is 2. The maximum Gasteiger partial charge on any atom is 0.256 e. The van der Waals surface area contributed by atoms with Crippen molar-refractivity contribution in [3.63, 3.8) is 0 Å². The second kappa shape index (κ2) is 13.5. The molecule has 11 heteroatoms. The Balaban J connectivity index is 0.00000228. The SMILES string of the molecule is CCNCCNC(=O)CN(CC(=O)N(C)N1Cc2ccccc2C1)c1cc2c(cc1C)OCO2.Cl.Cl. The number of hydrogen-bond donors (Lipinski definition) is 2. The van der Waals surface area contributed by atoms with Crippen molar-refractivity contribution in [3.05, 3.63) is 53.1 Å². The van der Waals surface area contributed by atoms with Gasteiger partial charge in [0, 0.05) is 45.0 Å². The highest BCUT2D eigenvalue weighted by atomic mass is 35.5. The van der Waals surface area contributed by atoms with Crippen molar-refractivity contribution in [2.75, 3.05) is 51.5 Å². The Labute approximate surface area is 224 Å². The smallest absolute Gasteiger partial charge is 0.256 e. The Morgan fingerprint density at radius 3 is 2.28 bits per heavy atom. The summed E-state index contributed by atoms with van der Waals surface area (Å²) in [5.74, 6) is 1.06. The lowest BCUT2D eigenvalue weighted by Gasteiger charge is -2.32. The third kappa shape index (κ3) is 6.94. The van der Waals surface area contributed by atoms with Crippen molar-refractivity contribution in [1.82, 2.24) is 20.7 Å². The Kier molecular flexibility index (Phi) is 11.1. The maximum absolute atomic E-state index is 13.3. The monoisotopic (exact) mass is 539 g/mol. The fraction of sp³-hybridized carbons (Fsp3) is 0.440. The largest absolute Gasteiger partial charge is 0.454 e. The quantitative estimate of drug-likeness (QED) is 0.448. The number of hydrogen-bond acceptors (Lipinski definition) is 7. The highest BCUT2D eigenvalue weighted by Crippen LogP contribution is 2.38. The van der Waals surface area contributed by atoms with E-state index in [9.17, 15) is 9.59 Å². The van der Waals surface area contributed by atoms with E-state index in [0.29, 0.717) is 37.7 Å². The first kappa shape index (κ1) is 29.5. The second-order valence-corrected chi connectivity index (χ2v) is 8.56. The molecule has 2 amide bonds. The standard InChI is InChI=1S/C25H33N5O4.2ClH/c1-4-26-9-10-27-24(31)15-29(21-12-23-22(11-18(21)2)33-17-34-23)16-25(32)28(3)30-13-19-7-5-6-8-20(19)14-30;;/h5-8,11-12,26H,4,9-10,13-17H2,1-3H3,(H,27,31);2*1H. The summed E-state index contributed by atoms with van der Waals surface area (Å²) in [7, 11) is 1.79. The van der Waals surface area contributed by atoms with Crippen LogP contribution in [0.2, 0.25) is 0 Å². The number of carbonyl (C=O) groups is 2. The van der Waals surface area contributed by atoms with Crippen molar-refractivity contribution in [3.8, 4) is 11.5 Å². The molecule has 198 valence electrons. The molecular weight excluding hydrogens is 505 g/mol. The predicted octanol–water partition coefficient (Wildman–Crippen LogP) is 2.49. The minimum absolute atomic E-state index is 0. The van der Waals surface area contributed by atoms with E-state index in [-0.39, 0.29) is 56.5 Å². The third-order valence-corrected chi connectivity index (χ3v) is 6.18.